The van der Waals surface area contributed by atoms with Gasteiger partial charge in [-0.3, -0.25) is 4.79 Å². The number of hydrogen-bond acceptors (Lipinski definition) is 10. The van der Waals surface area contributed by atoms with Gasteiger partial charge in [0.15, 0.2) is 6.29 Å². The second-order valence-corrected chi connectivity index (χ2v) is 15.1. The van der Waals surface area contributed by atoms with Gasteiger partial charge in [-0.25, -0.2) is 13.2 Å². The molecule has 4 aliphatic rings. The molecule has 260 valence electrons. The Hall–Kier alpha value is -3.53. The van der Waals surface area contributed by atoms with E-state index in [4.69, 9.17) is 14.2 Å². The molecule has 6 rings (SSSR count). The minimum atomic E-state index is -4.14. The lowest BCUT2D eigenvalue weighted by Gasteiger charge is -2.31. The van der Waals surface area contributed by atoms with Crippen LogP contribution >= 0.6 is 0 Å². The number of aliphatic hydroxyl groups is 1. The predicted octanol–water partition coefficient (Wildman–Crippen LogP) is 1.99. The molecule has 5 atom stereocenters. The number of nitrogens with zero attached hydrogens (tertiary/aromatic N) is 2. The summed E-state index contributed by atoms with van der Waals surface area (Å²) in [4.78, 5) is 28.1. The van der Waals surface area contributed by atoms with E-state index in [9.17, 15) is 23.1 Å². The molecule has 3 saturated heterocycles. The standard InChI is InChI=1S/C34H45N5O8S/c1-22(2)18-39(48(43,44)24-8-9-28-26(17-24)27(32(41)36-28)19-38-13-11-35-12-14-38)20-30(40)29(16-23-6-4-3-5-7-23)37-34(42)47-31-21-46-33-25(31)10-15-45-33/h3-9,17,19,22,25,29-31,33,35,40H,10-16,18,20-21H2,1-2H3,(H,36,41)(H,37,42). The summed E-state index contributed by atoms with van der Waals surface area (Å²) in [6, 6.07) is 13.1. The number of amides is 2. The highest BCUT2D eigenvalue weighted by Crippen LogP contribution is 2.35. The van der Waals surface area contributed by atoms with Crippen molar-refractivity contribution >= 4 is 33.3 Å². The van der Waals surface area contributed by atoms with Crippen molar-refractivity contribution in [3.63, 3.8) is 0 Å². The monoisotopic (exact) mass is 683 g/mol. The van der Waals surface area contributed by atoms with Crippen LogP contribution in [-0.2, 0) is 35.4 Å². The molecule has 0 bridgehead atoms. The Morgan fingerprint density at radius 2 is 1.92 bits per heavy atom. The molecule has 13 nitrogen and oxygen atoms in total. The van der Waals surface area contributed by atoms with Crippen molar-refractivity contribution < 1.29 is 37.3 Å². The van der Waals surface area contributed by atoms with Gasteiger partial charge in [0.25, 0.3) is 5.91 Å². The second kappa shape index (κ2) is 14.9. The summed E-state index contributed by atoms with van der Waals surface area (Å²) >= 11 is 0. The molecule has 14 heteroatoms. The average molecular weight is 684 g/mol. The van der Waals surface area contributed by atoms with Crippen LogP contribution in [0.4, 0.5) is 10.5 Å². The summed E-state index contributed by atoms with van der Waals surface area (Å²) in [5.74, 6) is -0.401. The van der Waals surface area contributed by atoms with Gasteiger partial charge >= 0.3 is 6.09 Å². The highest BCUT2D eigenvalue weighted by molar-refractivity contribution is 7.89. The molecule has 4 heterocycles. The maximum absolute atomic E-state index is 14.3. The van der Waals surface area contributed by atoms with Gasteiger partial charge in [-0.1, -0.05) is 44.2 Å². The zero-order valence-electron chi connectivity index (χ0n) is 27.3. The van der Waals surface area contributed by atoms with Gasteiger partial charge in [0.2, 0.25) is 10.0 Å². The van der Waals surface area contributed by atoms with E-state index < -0.39 is 34.4 Å². The van der Waals surface area contributed by atoms with Gasteiger partial charge in [0, 0.05) is 56.7 Å². The number of hydrogen-bond donors (Lipinski definition) is 4. The number of piperazine rings is 1. The van der Waals surface area contributed by atoms with Gasteiger partial charge in [-0.05, 0) is 42.5 Å². The largest absolute Gasteiger partial charge is 0.443 e. The Labute approximate surface area is 281 Å². The number of benzene rings is 2. The van der Waals surface area contributed by atoms with Gasteiger partial charge in [0.1, 0.15) is 6.10 Å². The first-order chi connectivity index (χ1) is 23.1. The number of nitrogens with one attached hydrogen (secondary N) is 3. The number of anilines is 1. The lowest BCUT2D eigenvalue weighted by atomic mass is 10.0. The summed E-state index contributed by atoms with van der Waals surface area (Å²) in [6.07, 6.45) is -0.0915. The van der Waals surface area contributed by atoms with Crippen LogP contribution in [0.5, 0.6) is 0 Å². The minimum Gasteiger partial charge on any atom is -0.443 e. The van der Waals surface area contributed by atoms with Gasteiger partial charge in [-0.2, -0.15) is 4.31 Å². The van der Waals surface area contributed by atoms with Crippen LogP contribution in [0.3, 0.4) is 0 Å². The lowest BCUT2D eigenvalue weighted by Crippen LogP contribution is -2.51. The molecule has 48 heavy (non-hydrogen) atoms. The predicted molar refractivity (Wildman–Crippen MR) is 178 cm³/mol. The molecule has 4 aliphatic heterocycles. The quantitative estimate of drug-likeness (QED) is 0.244. The Morgan fingerprint density at radius 3 is 2.67 bits per heavy atom. The van der Waals surface area contributed by atoms with Crippen LogP contribution in [0.25, 0.3) is 5.57 Å². The number of alkyl carbamates (subject to hydrolysis) is 1. The summed E-state index contributed by atoms with van der Waals surface area (Å²) in [6.45, 7) is 7.47. The van der Waals surface area contributed by atoms with Gasteiger partial charge in [-0.15, -0.1) is 0 Å². The molecular formula is C34H45N5O8S. The number of aliphatic hydroxyl groups excluding tert-OH is 1. The molecule has 2 amide bonds. The third-order valence-electron chi connectivity index (χ3n) is 9.14. The summed E-state index contributed by atoms with van der Waals surface area (Å²) in [7, 11) is -4.14. The normalized spacial score (nSPS) is 24.4. The number of rotatable bonds is 12. The smallest absolute Gasteiger partial charge is 0.407 e. The zero-order valence-corrected chi connectivity index (χ0v) is 28.2. The topological polar surface area (TPSA) is 159 Å². The van der Waals surface area contributed by atoms with Crippen molar-refractivity contribution in [2.24, 2.45) is 11.8 Å². The van der Waals surface area contributed by atoms with Crippen LogP contribution in [0.1, 0.15) is 31.4 Å². The highest BCUT2D eigenvalue weighted by Gasteiger charge is 2.44. The molecule has 0 aromatic heterocycles. The molecule has 2 aromatic carbocycles. The van der Waals surface area contributed by atoms with Crippen LogP contribution < -0.4 is 16.0 Å². The molecule has 0 spiro atoms. The van der Waals surface area contributed by atoms with Crippen molar-refractivity contribution in [3.05, 3.63) is 65.9 Å². The van der Waals surface area contributed by atoms with Crippen LogP contribution in [0.2, 0.25) is 0 Å². The summed E-state index contributed by atoms with van der Waals surface area (Å²) in [5, 5.41) is 20.6. The van der Waals surface area contributed by atoms with Gasteiger partial charge in [0.05, 0.1) is 41.7 Å². The van der Waals surface area contributed by atoms with Crippen molar-refractivity contribution in [3.8, 4) is 0 Å². The maximum Gasteiger partial charge on any atom is 0.407 e. The number of ether oxygens (including phenoxy) is 3. The fourth-order valence-corrected chi connectivity index (χ4v) is 8.28. The van der Waals surface area contributed by atoms with E-state index >= 15 is 0 Å². The number of carbonyl (C=O) groups is 2. The molecular weight excluding hydrogens is 638 g/mol. The third-order valence-corrected chi connectivity index (χ3v) is 11.0. The Kier molecular flexibility index (Phi) is 10.7. The summed E-state index contributed by atoms with van der Waals surface area (Å²) in [5.41, 5.74) is 2.33. The maximum atomic E-state index is 14.3. The SMILES string of the molecule is CC(C)CN(CC(O)C(Cc1ccccc1)NC(=O)OC1COC2OCCC12)S(=O)(=O)c1ccc2c(c1)C(=CN1CCNCC1)C(=O)N2. The Bertz CT molecular complexity index is 1600. The fraction of sp³-hybridized carbons (Fsp3) is 0.529. The molecule has 0 radical (unpaired) electrons. The third kappa shape index (κ3) is 7.85. The second-order valence-electron chi connectivity index (χ2n) is 13.2. The van der Waals surface area contributed by atoms with E-state index in [-0.39, 0.29) is 55.0 Å². The van der Waals surface area contributed by atoms with Crippen molar-refractivity contribution in [1.82, 2.24) is 19.8 Å². The van der Waals surface area contributed by atoms with E-state index in [2.05, 4.69) is 16.0 Å². The van der Waals surface area contributed by atoms with Crippen LogP contribution in [0.15, 0.2) is 59.6 Å². The number of fused-ring (bicyclic) bond motifs is 2. The van der Waals surface area contributed by atoms with Crippen molar-refractivity contribution in [1.29, 1.82) is 0 Å². The summed E-state index contributed by atoms with van der Waals surface area (Å²) < 4.78 is 46.6. The number of sulfonamides is 1. The molecule has 3 fully saturated rings. The van der Waals surface area contributed by atoms with Gasteiger partial charge < -0.3 is 40.2 Å². The Morgan fingerprint density at radius 1 is 1.15 bits per heavy atom. The van der Waals surface area contributed by atoms with E-state index in [1.165, 1.54) is 16.4 Å². The Balaban J connectivity index is 1.22. The minimum absolute atomic E-state index is 0.0124. The molecule has 4 N–H and O–H groups in total. The molecule has 0 aliphatic carbocycles. The van der Waals surface area contributed by atoms with E-state index in [0.717, 1.165) is 38.2 Å². The lowest BCUT2D eigenvalue weighted by molar-refractivity contribution is -0.110. The van der Waals surface area contributed by atoms with E-state index in [1.807, 2.05) is 49.1 Å². The van der Waals surface area contributed by atoms with Crippen LogP contribution in [-0.4, -0.2) is 112 Å². The zero-order chi connectivity index (χ0) is 33.8. The molecule has 0 saturated carbocycles. The molecule has 2 aromatic rings. The van der Waals surface area contributed by atoms with Crippen LogP contribution in [0, 0.1) is 11.8 Å². The van der Waals surface area contributed by atoms with Crippen molar-refractivity contribution in [2.45, 2.75) is 56.1 Å². The first-order valence-electron chi connectivity index (χ1n) is 16.6. The first-order valence-corrected chi connectivity index (χ1v) is 18.1. The number of carbonyl (C=O) groups excluding carboxylic acids is 2. The van der Waals surface area contributed by atoms with Crippen molar-refractivity contribution in [2.75, 3.05) is 57.8 Å². The van der Waals surface area contributed by atoms with E-state index in [1.54, 1.807) is 12.3 Å². The average Bonchev–Trinajstić information content (AvgIpc) is 3.77. The fourth-order valence-electron chi connectivity index (χ4n) is 6.63. The van der Waals surface area contributed by atoms with E-state index in [0.29, 0.717) is 23.4 Å². The first kappa shape index (κ1) is 34.3. The highest BCUT2D eigenvalue weighted by atomic mass is 32.2. The molecule has 5 unspecified atom stereocenters.